The van der Waals surface area contributed by atoms with Gasteiger partial charge in [0, 0.05) is 25.3 Å². The van der Waals surface area contributed by atoms with E-state index in [1.54, 1.807) is 18.7 Å². The Kier molecular flexibility index (Phi) is 13.4. The molecule has 0 unspecified atom stereocenters. The van der Waals surface area contributed by atoms with E-state index in [0.717, 1.165) is 5.56 Å². The molecule has 40 heavy (non-hydrogen) atoms. The van der Waals surface area contributed by atoms with Gasteiger partial charge >= 0.3 is 18.0 Å². The molecule has 1 aromatic carbocycles. The number of nitrogens with one attached hydrogen (secondary N) is 1. The van der Waals surface area contributed by atoms with Crippen LogP contribution in [0.1, 0.15) is 65.9 Å². The number of aryl methyl sites for hydroxylation is 1. The van der Waals surface area contributed by atoms with Crippen LogP contribution in [0.25, 0.3) is 0 Å². The molecule has 0 fully saturated rings. The van der Waals surface area contributed by atoms with Gasteiger partial charge in [-0.1, -0.05) is 18.2 Å². The number of nitrogens with two attached hydrogens (primary N) is 1. The zero-order valence-electron chi connectivity index (χ0n) is 24.6. The Morgan fingerprint density at radius 2 is 1.80 bits per heavy atom. The van der Waals surface area contributed by atoms with Gasteiger partial charge in [-0.25, -0.2) is 4.79 Å². The molecule has 0 aliphatic carbocycles. The fourth-order valence-corrected chi connectivity index (χ4v) is 4.55. The van der Waals surface area contributed by atoms with Gasteiger partial charge in [0.2, 0.25) is 5.91 Å². The first-order chi connectivity index (χ1) is 19.0. The van der Waals surface area contributed by atoms with Crippen LogP contribution < -0.4 is 16.0 Å². The molecule has 0 saturated carbocycles. The van der Waals surface area contributed by atoms with Crippen LogP contribution in [0.15, 0.2) is 24.3 Å². The van der Waals surface area contributed by atoms with Crippen LogP contribution >= 0.6 is 0 Å². The van der Waals surface area contributed by atoms with E-state index in [1.165, 1.54) is 4.90 Å². The Morgan fingerprint density at radius 3 is 2.45 bits per heavy atom. The molecule has 0 saturated heterocycles. The van der Waals surface area contributed by atoms with E-state index in [4.69, 9.17) is 19.9 Å². The number of unbranched alkanes of at least 4 members (excludes halogenated alkanes) is 1. The van der Waals surface area contributed by atoms with E-state index in [1.807, 2.05) is 45.0 Å². The molecule has 2 rings (SSSR count). The third kappa shape index (κ3) is 10.4. The third-order valence-corrected chi connectivity index (χ3v) is 6.34. The molecule has 3 N–H and O–H groups in total. The van der Waals surface area contributed by atoms with Gasteiger partial charge in [0.15, 0.2) is 0 Å². The molecule has 0 spiro atoms. The topological polar surface area (TPSA) is 140 Å². The smallest absolute Gasteiger partial charge is 0.410 e. The number of benzene rings is 1. The van der Waals surface area contributed by atoms with Crippen molar-refractivity contribution in [2.24, 2.45) is 5.73 Å². The van der Waals surface area contributed by atoms with E-state index in [0.29, 0.717) is 57.4 Å². The molecule has 1 aliphatic rings. The Labute approximate surface area is 237 Å². The second kappa shape index (κ2) is 16.2. The lowest BCUT2D eigenvalue weighted by atomic mass is 10.0. The van der Waals surface area contributed by atoms with Crippen molar-refractivity contribution in [2.45, 2.75) is 84.4 Å². The largest absolute Gasteiger partial charge is 0.465 e. The number of esters is 2. The maximum absolute atomic E-state index is 13.7. The molecule has 0 radical (unpaired) electrons. The van der Waals surface area contributed by atoms with Crippen molar-refractivity contribution in [3.63, 3.8) is 0 Å². The van der Waals surface area contributed by atoms with Crippen molar-refractivity contribution in [3.8, 4) is 0 Å². The van der Waals surface area contributed by atoms with Crippen LogP contribution in [0.4, 0.5) is 10.5 Å². The van der Waals surface area contributed by atoms with Gasteiger partial charge in [-0.05, 0) is 78.4 Å². The maximum atomic E-state index is 13.7. The van der Waals surface area contributed by atoms with E-state index in [2.05, 4.69) is 5.32 Å². The summed E-state index contributed by atoms with van der Waals surface area (Å²) >= 11 is 0. The second-order valence-electron chi connectivity index (χ2n) is 10.7. The second-order valence-corrected chi connectivity index (χ2v) is 10.7. The first kappa shape index (κ1) is 33.0. The van der Waals surface area contributed by atoms with Gasteiger partial charge < -0.3 is 24.8 Å². The molecule has 224 valence electrons. The van der Waals surface area contributed by atoms with Crippen LogP contribution in [-0.2, 0) is 35.0 Å². The number of para-hydroxylation sites is 1. The Balaban J connectivity index is 2.11. The first-order valence-corrected chi connectivity index (χ1v) is 14.2. The Bertz CT molecular complexity index is 995. The Morgan fingerprint density at radius 1 is 1.10 bits per heavy atom. The highest BCUT2D eigenvalue weighted by Gasteiger charge is 2.34. The lowest BCUT2D eigenvalue weighted by molar-refractivity contribution is -0.146. The minimum absolute atomic E-state index is 0.207. The number of amides is 2. The molecule has 1 aliphatic heterocycles. The van der Waals surface area contributed by atoms with Crippen LogP contribution in [0.5, 0.6) is 0 Å². The van der Waals surface area contributed by atoms with Gasteiger partial charge in [0.05, 0.1) is 19.3 Å². The molecular weight excluding hydrogens is 516 g/mol. The number of fused-ring (bicyclic) bond motifs is 1. The van der Waals surface area contributed by atoms with E-state index < -0.39 is 35.7 Å². The van der Waals surface area contributed by atoms with Crippen molar-refractivity contribution in [1.82, 2.24) is 10.2 Å². The molecule has 0 bridgehead atoms. The highest BCUT2D eigenvalue weighted by molar-refractivity contribution is 6.02. The predicted molar refractivity (Wildman–Crippen MR) is 152 cm³/mol. The molecule has 11 nitrogen and oxygen atoms in total. The molecule has 11 heteroatoms. The van der Waals surface area contributed by atoms with Crippen LogP contribution in [0, 0.1) is 0 Å². The zero-order valence-corrected chi connectivity index (χ0v) is 24.6. The number of ether oxygens (including phenoxy) is 3. The number of carbonyl (C=O) groups excluding carboxylic acids is 4. The van der Waals surface area contributed by atoms with Crippen LogP contribution in [0.3, 0.4) is 0 Å². The SMILES string of the molecule is CCOC(=O)CN1C(=O)[C@@H](N[C@@H](CCCCN(CCN)C(=O)OC(C)(C)C)C(=O)OCC)CCc2ccccc21. The lowest BCUT2D eigenvalue weighted by Gasteiger charge is -2.28. The molecule has 1 heterocycles. The van der Waals surface area contributed by atoms with Crippen molar-refractivity contribution >= 4 is 29.6 Å². The number of hydrogen-bond acceptors (Lipinski definition) is 9. The summed E-state index contributed by atoms with van der Waals surface area (Å²) < 4.78 is 15.9. The average Bonchev–Trinajstić information content (AvgIpc) is 3.01. The standard InChI is InChI=1S/C29H46N4O7/c1-6-38-25(34)20-33-24-14-9-8-12-21(24)15-16-22(26(33)35)31-23(27(36)39-7-2)13-10-11-18-32(19-17-30)28(37)40-29(3,4)5/h8-9,12,14,22-23,31H,6-7,10-11,13,15-20,30H2,1-5H3/t22-,23-/m0/s1. The highest BCUT2D eigenvalue weighted by atomic mass is 16.6. The highest BCUT2D eigenvalue weighted by Crippen LogP contribution is 2.27. The number of carbonyl (C=O) groups is 4. The Hall–Kier alpha value is -3.18. The fraction of sp³-hybridized carbons (Fsp3) is 0.655. The van der Waals surface area contributed by atoms with Gasteiger partial charge in [0.25, 0.3) is 0 Å². The van der Waals surface area contributed by atoms with E-state index in [-0.39, 0.29) is 25.7 Å². The third-order valence-electron chi connectivity index (χ3n) is 6.34. The van der Waals surface area contributed by atoms with Crippen molar-refractivity contribution in [3.05, 3.63) is 29.8 Å². The van der Waals surface area contributed by atoms with Gasteiger partial charge in [-0.15, -0.1) is 0 Å². The minimum Gasteiger partial charge on any atom is -0.465 e. The van der Waals surface area contributed by atoms with Crippen LogP contribution in [-0.4, -0.2) is 85.9 Å². The average molecular weight is 563 g/mol. The first-order valence-electron chi connectivity index (χ1n) is 14.2. The lowest BCUT2D eigenvalue weighted by Crippen LogP contribution is -2.53. The zero-order chi connectivity index (χ0) is 29.7. The molecule has 2 amide bonds. The number of hydrogen-bond donors (Lipinski definition) is 2. The maximum Gasteiger partial charge on any atom is 0.410 e. The molecule has 1 aromatic rings. The van der Waals surface area contributed by atoms with Crippen molar-refractivity contribution < 1.29 is 33.4 Å². The summed E-state index contributed by atoms with van der Waals surface area (Å²) in [5.41, 5.74) is 6.68. The normalized spacial score (nSPS) is 16.0. The summed E-state index contributed by atoms with van der Waals surface area (Å²) in [6, 6.07) is 6.03. The number of rotatable bonds is 14. The molecule has 0 aromatic heterocycles. The summed E-state index contributed by atoms with van der Waals surface area (Å²) in [4.78, 5) is 54.4. The predicted octanol–water partition coefficient (Wildman–Crippen LogP) is 2.78. The molecular formula is C29H46N4O7. The quantitative estimate of drug-likeness (QED) is 0.199. The van der Waals surface area contributed by atoms with Crippen molar-refractivity contribution in [1.29, 1.82) is 0 Å². The fourth-order valence-electron chi connectivity index (χ4n) is 4.55. The summed E-state index contributed by atoms with van der Waals surface area (Å²) in [7, 11) is 0. The van der Waals surface area contributed by atoms with E-state index >= 15 is 0 Å². The van der Waals surface area contributed by atoms with Gasteiger partial charge in [0.1, 0.15) is 18.2 Å². The number of nitrogens with zero attached hydrogens (tertiary/aromatic N) is 2. The van der Waals surface area contributed by atoms with Gasteiger partial charge in [-0.2, -0.15) is 0 Å². The number of anilines is 1. The van der Waals surface area contributed by atoms with Gasteiger partial charge in [-0.3, -0.25) is 24.6 Å². The summed E-state index contributed by atoms with van der Waals surface area (Å²) in [5, 5.41) is 3.22. The van der Waals surface area contributed by atoms with Crippen molar-refractivity contribution in [2.75, 3.05) is 44.3 Å². The monoisotopic (exact) mass is 562 g/mol. The summed E-state index contributed by atoms with van der Waals surface area (Å²) in [6.45, 7) is 10.2. The molecule has 2 atom stereocenters. The minimum atomic E-state index is -0.732. The van der Waals surface area contributed by atoms with E-state index in [9.17, 15) is 19.2 Å². The summed E-state index contributed by atoms with van der Waals surface area (Å²) in [5.74, 6) is -1.24. The summed E-state index contributed by atoms with van der Waals surface area (Å²) in [6.07, 6.45) is 2.22. The van der Waals surface area contributed by atoms with Crippen LogP contribution in [0.2, 0.25) is 0 Å².